The second kappa shape index (κ2) is 6.95. The molecule has 3 rings (SSSR count). The number of piperidine rings is 1. The van der Waals surface area contributed by atoms with E-state index in [-0.39, 0.29) is 23.4 Å². The standard InChI is InChI=1S/C17H20FN3O3S/c1-2-9-25(23,24)11-16(22)21-7-5-12(6-8-21)17-19-14-4-3-13(18)10-15(14)20-17/h2-4,10,12H,1,5-9,11H2,(H,19,20). The van der Waals surface area contributed by atoms with Crippen LogP contribution in [0, 0.1) is 5.82 Å². The number of aromatic nitrogens is 2. The fourth-order valence-electron chi connectivity index (χ4n) is 3.12. The van der Waals surface area contributed by atoms with Crippen molar-refractivity contribution in [2.45, 2.75) is 18.8 Å². The molecule has 0 radical (unpaired) electrons. The first-order valence-electron chi connectivity index (χ1n) is 8.12. The number of likely N-dealkylation sites (tertiary alicyclic amines) is 1. The lowest BCUT2D eigenvalue weighted by Gasteiger charge is -2.31. The van der Waals surface area contributed by atoms with Crippen molar-refractivity contribution in [3.63, 3.8) is 0 Å². The summed E-state index contributed by atoms with van der Waals surface area (Å²) in [5.74, 6) is -0.426. The van der Waals surface area contributed by atoms with Gasteiger partial charge in [0.1, 0.15) is 17.4 Å². The normalized spacial score (nSPS) is 16.3. The van der Waals surface area contributed by atoms with Crippen LogP contribution in [-0.4, -0.2) is 53.8 Å². The summed E-state index contributed by atoms with van der Waals surface area (Å²) in [6, 6.07) is 4.42. The molecule has 2 heterocycles. The van der Waals surface area contributed by atoms with Gasteiger partial charge in [-0.3, -0.25) is 4.79 Å². The quantitative estimate of drug-likeness (QED) is 0.822. The molecule has 0 saturated carbocycles. The number of nitrogens with one attached hydrogen (secondary N) is 1. The van der Waals surface area contributed by atoms with Crippen LogP contribution in [0.5, 0.6) is 0 Å². The van der Waals surface area contributed by atoms with Crippen molar-refractivity contribution in [1.82, 2.24) is 14.9 Å². The molecule has 2 aromatic rings. The van der Waals surface area contributed by atoms with Crippen LogP contribution in [0.3, 0.4) is 0 Å². The van der Waals surface area contributed by atoms with Gasteiger partial charge in [0.2, 0.25) is 5.91 Å². The molecule has 1 amide bonds. The molecule has 6 nitrogen and oxygen atoms in total. The van der Waals surface area contributed by atoms with E-state index in [9.17, 15) is 17.6 Å². The number of carbonyl (C=O) groups excluding carboxylic acids is 1. The number of halogens is 1. The van der Waals surface area contributed by atoms with Gasteiger partial charge in [0.05, 0.1) is 16.8 Å². The Balaban J connectivity index is 1.63. The van der Waals surface area contributed by atoms with E-state index in [1.165, 1.54) is 18.2 Å². The smallest absolute Gasteiger partial charge is 0.237 e. The molecule has 0 bridgehead atoms. The molecule has 8 heteroatoms. The van der Waals surface area contributed by atoms with Crippen molar-refractivity contribution >= 4 is 26.8 Å². The van der Waals surface area contributed by atoms with Crippen LogP contribution in [0.4, 0.5) is 4.39 Å². The molecule has 0 aliphatic carbocycles. The predicted octanol–water partition coefficient (Wildman–Crippen LogP) is 2.01. The minimum atomic E-state index is -3.43. The van der Waals surface area contributed by atoms with Gasteiger partial charge in [-0.1, -0.05) is 6.08 Å². The zero-order valence-corrected chi connectivity index (χ0v) is 14.6. The molecule has 1 saturated heterocycles. The molecular weight excluding hydrogens is 345 g/mol. The van der Waals surface area contributed by atoms with E-state index in [1.54, 1.807) is 11.0 Å². The maximum atomic E-state index is 13.3. The second-order valence-electron chi connectivity index (χ2n) is 6.28. The number of aromatic amines is 1. The summed E-state index contributed by atoms with van der Waals surface area (Å²) >= 11 is 0. The number of hydrogen-bond donors (Lipinski definition) is 1. The summed E-state index contributed by atoms with van der Waals surface area (Å²) in [4.78, 5) is 21.4. The van der Waals surface area contributed by atoms with E-state index in [4.69, 9.17) is 0 Å². The summed E-state index contributed by atoms with van der Waals surface area (Å²) in [5.41, 5.74) is 1.37. The van der Waals surface area contributed by atoms with Crippen LogP contribution in [-0.2, 0) is 14.6 Å². The highest BCUT2D eigenvalue weighted by molar-refractivity contribution is 7.92. The average Bonchev–Trinajstić information content (AvgIpc) is 2.97. The van der Waals surface area contributed by atoms with Gasteiger partial charge < -0.3 is 9.88 Å². The van der Waals surface area contributed by atoms with Gasteiger partial charge in [-0.15, -0.1) is 6.58 Å². The molecule has 1 fully saturated rings. The molecule has 0 unspecified atom stereocenters. The summed E-state index contributed by atoms with van der Waals surface area (Å²) in [6.07, 6.45) is 2.67. The molecule has 1 aromatic heterocycles. The lowest BCUT2D eigenvalue weighted by molar-refractivity contribution is -0.129. The molecule has 0 atom stereocenters. The number of nitrogens with zero attached hydrogens (tertiary/aromatic N) is 2. The van der Waals surface area contributed by atoms with Crippen LogP contribution in [0.1, 0.15) is 24.6 Å². The van der Waals surface area contributed by atoms with Crippen molar-refractivity contribution in [2.24, 2.45) is 0 Å². The van der Waals surface area contributed by atoms with E-state index < -0.39 is 15.6 Å². The number of H-pyrrole nitrogens is 1. The first kappa shape index (κ1) is 17.6. The Morgan fingerprint density at radius 2 is 2.12 bits per heavy atom. The van der Waals surface area contributed by atoms with Crippen molar-refractivity contribution in [3.05, 3.63) is 42.5 Å². The van der Waals surface area contributed by atoms with Gasteiger partial charge in [0.15, 0.2) is 9.84 Å². The molecule has 1 aromatic carbocycles. The molecule has 1 N–H and O–H groups in total. The Morgan fingerprint density at radius 1 is 1.40 bits per heavy atom. The lowest BCUT2D eigenvalue weighted by Crippen LogP contribution is -2.41. The van der Waals surface area contributed by atoms with Crippen LogP contribution < -0.4 is 0 Å². The van der Waals surface area contributed by atoms with Gasteiger partial charge in [-0.05, 0) is 31.0 Å². The number of rotatable bonds is 5. The Bertz CT molecular complexity index is 899. The Morgan fingerprint density at radius 3 is 2.80 bits per heavy atom. The van der Waals surface area contributed by atoms with Crippen LogP contribution >= 0.6 is 0 Å². The molecule has 25 heavy (non-hydrogen) atoms. The first-order valence-corrected chi connectivity index (χ1v) is 9.94. The summed E-state index contributed by atoms with van der Waals surface area (Å²) in [6.45, 7) is 4.36. The largest absolute Gasteiger partial charge is 0.342 e. The summed E-state index contributed by atoms with van der Waals surface area (Å²) in [5, 5.41) is 0. The maximum absolute atomic E-state index is 13.3. The fourth-order valence-corrected chi connectivity index (χ4v) is 4.15. The number of fused-ring (bicyclic) bond motifs is 1. The molecular formula is C17H20FN3O3S. The van der Waals surface area contributed by atoms with Gasteiger partial charge in [-0.2, -0.15) is 0 Å². The van der Waals surface area contributed by atoms with Crippen molar-refractivity contribution in [3.8, 4) is 0 Å². The zero-order valence-electron chi connectivity index (χ0n) is 13.7. The minimum Gasteiger partial charge on any atom is -0.342 e. The summed E-state index contributed by atoms with van der Waals surface area (Å²) in [7, 11) is -3.43. The average molecular weight is 365 g/mol. The predicted molar refractivity (Wildman–Crippen MR) is 93.5 cm³/mol. The highest BCUT2D eigenvalue weighted by Gasteiger charge is 2.27. The van der Waals surface area contributed by atoms with Crippen LogP contribution in [0.25, 0.3) is 11.0 Å². The number of imidazole rings is 1. The highest BCUT2D eigenvalue weighted by Crippen LogP contribution is 2.28. The topological polar surface area (TPSA) is 83.1 Å². The van der Waals surface area contributed by atoms with E-state index in [1.807, 2.05) is 0 Å². The monoisotopic (exact) mass is 365 g/mol. The van der Waals surface area contributed by atoms with E-state index in [0.717, 1.165) is 5.82 Å². The lowest BCUT2D eigenvalue weighted by atomic mass is 9.96. The first-order chi connectivity index (χ1) is 11.9. The van der Waals surface area contributed by atoms with Gasteiger partial charge in [0, 0.05) is 19.0 Å². The van der Waals surface area contributed by atoms with E-state index in [2.05, 4.69) is 16.5 Å². The second-order valence-corrected chi connectivity index (χ2v) is 8.39. The number of amides is 1. The SMILES string of the molecule is C=CCS(=O)(=O)CC(=O)N1CCC(c2nc3ccc(F)cc3[nH]2)CC1. The van der Waals surface area contributed by atoms with Crippen LogP contribution in [0.15, 0.2) is 30.9 Å². The number of sulfone groups is 1. The molecule has 1 aliphatic rings. The Kier molecular flexibility index (Phi) is 4.89. The van der Waals surface area contributed by atoms with Crippen molar-refractivity contribution in [1.29, 1.82) is 0 Å². The van der Waals surface area contributed by atoms with Crippen LogP contribution in [0.2, 0.25) is 0 Å². The number of carbonyl (C=O) groups is 1. The summed E-state index contributed by atoms with van der Waals surface area (Å²) < 4.78 is 36.7. The third-order valence-corrected chi connectivity index (χ3v) is 5.84. The Labute approximate surface area is 145 Å². The van der Waals surface area contributed by atoms with Gasteiger partial charge in [0.25, 0.3) is 0 Å². The number of benzene rings is 1. The van der Waals surface area contributed by atoms with E-state index >= 15 is 0 Å². The van der Waals surface area contributed by atoms with Crippen molar-refractivity contribution in [2.75, 3.05) is 24.6 Å². The number of hydrogen-bond acceptors (Lipinski definition) is 4. The molecule has 1 aliphatic heterocycles. The van der Waals surface area contributed by atoms with Gasteiger partial charge >= 0.3 is 0 Å². The fraction of sp³-hybridized carbons (Fsp3) is 0.412. The van der Waals surface area contributed by atoms with E-state index in [0.29, 0.717) is 37.0 Å². The third kappa shape index (κ3) is 4.07. The van der Waals surface area contributed by atoms with Gasteiger partial charge in [-0.25, -0.2) is 17.8 Å². The molecule has 134 valence electrons. The minimum absolute atomic E-state index is 0.143. The zero-order chi connectivity index (χ0) is 18.0. The van der Waals surface area contributed by atoms with Crippen molar-refractivity contribution < 1.29 is 17.6 Å². The molecule has 0 spiro atoms. The highest BCUT2D eigenvalue weighted by atomic mass is 32.2. The maximum Gasteiger partial charge on any atom is 0.237 e. The Hall–Kier alpha value is -2.22. The third-order valence-electron chi connectivity index (χ3n) is 4.41.